The number of carboxylic acids is 1. The summed E-state index contributed by atoms with van der Waals surface area (Å²) in [5.41, 5.74) is 1.73. The van der Waals surface area contributed by atoms with Gasteiger partial charge < -0.3 is 19.5 Å². The van der Waals surface area contributed by atoms with Crippen molar-refractivity contribution in [2.24, 2.45) is 5.92 Å². The number of aliphatic carboxylic acids is 1. The standard InChI is InChI=1S/C20H19NO5/c22-18-9-7-15(20(23)24)19(21(18)11-13-4-2-1-3-5-13)14-6-8-16-17(10-14)26-12-25-16/h1-6,8,10,15,19H,7,9,11-12H2,(H,23,24)/t15-,19-/m1/s1. The Labute approximate surface area is 151 Å². The zero-order valence-electron chi connectivity index (χ0n) is 14.1. The fourth-order valence-electron chi connectivity index (χ4n) is 3.69. The van der Waals surface area contributed by atoms with E-state index in [9.17, 15) is 14.7 Å². The predicted molar refractivity (Wildman–Crippen MR) is 92.7 cm³/mol. The van der Waals surface area contributed by atoms with Crippen LogP contribution in [0.3, 0.4) is 0 Å². The van der Waals surface area contributed by atoms with Crippen LogP contribution in [0.5, 0.6) is 11.5 Å². The number of piperidine rings is 1. The number of likely N-dealkylation sites (tertiary alicyclic amines) is 1. The summed E-state index contributed by atoms with van der Waals surface area (Å²) in [5, 5.41) is 9.74. The number of hydrogen-bond donors (Lipinski definition) is 1. The van der Waals surface area contributed by atoms with Gasteiger partial charge in [-0.25, -0.2) is 0 Å². The summed E-state index contributed by atoms with van der Waals surface area (Å²) >= 11 is 0. The number of benzene rings is 2. The molecule has 0 aromatic heterocycles. The molecule has 26 heavy (non-hydrogen) atoms. The molecule has 0 spiro atoms. The van der Waals surface area contributed by atoms with E-state index in [4.69, 9.17) is 9.47 Å². The zero-order valence-corrected chi connectivity index (χ0v) is 14.1. The van der Waals surface area contributed by atoms with Gasteiger partial charge >= 0.3 is 5.97 Å². The van der Waals surface area contributed by atoms with Gasteiger partial charge in [0.1, 0.15) is 0 Å². The Hall–Kier alpha value is -3.02. The molecule has 0 bridgehead atoms. The third-order valence-electron chi connectivity index (χ3n) is 4.96. The maximum atomic E-state index is 12.7. The van der Waals surface area contributed by atoms with Gasteiger partial charge in [-0.3, -0.25) is 9.59 Å². The van der Waals surface area contributed by atoms with Gasteiger partial charge in [-0.2, -0.15) is 0 Å². The molecule has 2 atom stereocenters. The number of nitrogens with zero attached hydrogens (tertiary/aromatic N) is 1. The van der Waals surface area contributed by atoms with Crippen molar-refractivity contribution < 1.29 is 24.2 Å². The van der Waals surface area contributed by atoms with Gasteiger partial charge in [0.2, 0.25) is 12.7 Å². The molecular formula is C20H19NO5. The van der Waals surface area contributed by atoms with E-state index in [1.54, 1.807) is 17.0 Å². The lowest BCUT2D eigenvalue weighted by atomic mass is 9.84. The second kappa shape index (κ2) is 6.71. The second-order valence-corrected chi connectivity index (χ2v) is 6.55. The van der Waals surface area contributed by atoms with Crippen LogP contribution in [0.1, 0.15) is 30.0 Å². The van der Waals surface area contributed by atoms with Crippen LogP contribution in [0.2, 0.25) is 0 Å². The summed E-state index contributed by atoms with van der Waals surface area (Å²) in [4.78, 5) is 26.2. The van der Waals surface area contributed by atoms with Gasteiger partial charge in [0.25, 0.3) is 0 Å². The van der Waals surface area contributed by atoms with Crippen molar-refractivity contribution in [1.82, 2.24) is 4.90 Å². The summed E-state index contributed by atoms with van der Waals surface area (Å²) in [6.07, 6.45) is 0.573. The highest BCUT2D eigenvalue weighted by Gasteiger charge is 2.41. The Morgan fingerprint density at radius 3 is 2.65 bits per heavy atom. The van der Waals surface area contributed by atoms with Gasteiger partial charge in [-0.15, -0.1) is 0 Å². The molecule has 6 nitrogen and oxygen atoms in total. The van der Waals surface area contributed by atoms with Gasteiger partial charge in [0, 0.05) is 13.0 Å². The number of carbonyl (C=O) groups is 2. The summed E-state index contributed by atoms with van der Waals surface area (Å²) < 4.78 is 10.8. The Balaban J connectivity index is 1.73. The van der Waals surface area contributed by atoms with E-state index in [2.05, 4.69) is 0 Å². The number of carboxylic acid groups (broad SMARTS) is 1. The lowest BCUT2D eigenvalue weighted by molar-refractivity contribution is -0.152. The van der Waals surface area contributed by atoms with Crippen LogP contribution in [0.15, 0.2) is 48.5 Å². The molecule has 0 radical (unpaired) electrons. The summed E-state index contributed by atoms with van der Waals surface area (Å²) in [5.74, 6) is -0.356. The number of rotatable bonds is 4. The molecule has 1 saturated heterocycles. The largest absolute Gasteiger partial charge is 0.481 e. The van der Waals surface area contributed by atoms with E-state index in [0.29, 0.717) is 24.5 Å². The maximum Gasteiger partial charge on any atom is 0.308 e. The fraction of sp³-hybridized carbons (Fsp3) is 0.300. The average Bonchev–Trinajstić information content (AvgIpc) is 3.11. The zero-order chi connectivity index (χ0) is 18.1. The lowest BCUT2D eigenvalue weighted by Crippen LogP contribution is -2.44. The van der Waals surface area contributed by atoms with E-state index in [0.717, 1.165) is 11.1 Å². The normalized spacial score (nSPS) is 21.7. The quantitative estimate of drug-likeness (QED) is 0.914. The smallest absolute Gasteiger partial charge is 0.308 e. The van der Waals surface area contributed by atoms with E-state index < -0.39 is 17.9 Å². The molecule has 2 aliphatic heterocycles. The Morgan fingerprint density at radius 2 is 1.88 bits per heavy atom. The molecule has 1 amide bonds. The summed E-state index contributed by atoms with van der Waals surface area (Å²) in [6.45, 7) is 0.529. The molecule has 4 rings (SSSR count). The number of amides is 1. The molecule has 2 aliphatic rings. The minimum atomic E-state index is -0.891. The Bertz CT molecular complexity index is 835. The van der Waals surface area contributed by atoms with Crippen LogP contribution in [0, 0.1) is 5.92 Å². The molecule has 0 saturated carbocycles. The first-order chi connectivity index (χ1) is 12.6. The van der Waals surface area contributed by atoms with Crippen LogP contribution in [-0.2, 0) is 16.1 Å². The first kappa shape index (κ1) is 16.4. The molecule has 6 heteroatoms. The van der Waals surface area contributed by atoms with Crippen molar-refractivity contribution >= 4 is 11.9 Å². The molecule has 1 fully saturated rings. The van der Waals surface area contributed by atoms with Crippen molar-refractivity contribution in [3.05, 3.63) is 59.7 Å². The van der Waals surface area contributed by atoms with E-state index in [-0.39, 0.29) is 19.1 Å². The highest BCUT2D eigenvalue weighted by Crippen LogP contribution is 2.42. The topological polar surface area (TPSA) is 76.1 Å². The van der Waals surface area contributed by atoms with Gasteiger partial charge in [0.05, 0.1) is 12.0 Å². The van der Waals surface area contributed by atoms with Crippen molar-refractivity contribution in [3.8, 4) is 11.5 Å². The van der Waals surface area contributed by atoms with Crippen molar-refractivity contribution in [2.45, 2.75) is 25.4 Å². The molecular weight excluding hydrogens is 334 g/mol. The first-order valence-electron chi connectivity index (χ1n) is 8.59. The third kappa shape index (κ3) is 2.98. The Morgan fingerprint density at radius 1 is 1.12 bits per heavy atom. The minimum absolute atomic E-state index is 0.0333. The van der Waals surface area contributed by atoms with Crippen molar-refractivity contribution in [3.63, 3.8) is 0 Å². The van der Waals surface area contributed by atoms with Crippen LogP contribution >= 0.6 is 0 Å². The van der Waals surface area contributed by atoms with Gasteiger partial charge in [0.15, 0.2) is 11.5 Å². The molecule has 0 aliphatic carbocycles. The Kier molecular flexibility index (Phi) is 4.24. The number of ether oxygens (including phenoxy) is 2. The highest BCUT2D eigenvalue weighted by molar-refractivity contribution is 5.82. The SMILES string of the molecule is O=C(O)[C@@H]1CCC(=O)N(Cc2ccccc2)[C@@H]1c1ccc2c(c1)OCO2. The molecule has 1 N–H and O–H groups in total. The molecule has 0 unspecified atom stereocenters. The van der Waals surface area contributed by atoms with E-state index in [1.165, 1.54) is 0 Å². The summed E-state index contributed by atoms with van der Waals surface area (Å²) in [7, 11) is 0. The van der Waals surface area contributed by atoms with Crippen LogP contribution in [0.4, 0.5) is 0 Å². The van der Waals surface area contributed by atoms with Crippen LogP contribution < -0.4 is 9.47 Å². The fourth-order valence-corrected chi connectivity index (χ4v) is 3.69. The maximum absolute atomic E-state index is 12.7. The number of fused-ring (bicyclic) bond motifs is 1. The number of carbonyl (C=O) groups excluding carboxylic acids is 1. The lowest BCUT2D eigenvalue weighted by Gasteiger charge is -2.40. The van der Waals surface area contributed by atoms with Crippen LogP contribution in [0.25, 0.3) is 0 Å². The molecule has 2 heterocycles. The van der Waals surface area contributed by atoms with E-state index in [1.807, 2.05) is 36.4 Å². The van der Waals surface area contributed by atoms with Gasteiger partial charge in [-0.1, -0.05) is 36.4 Å². The molecule has 2 aromatic carbocycles. The highest BCUT2D eigenvalue weighted by atomic mass is 16.7. The molecule has 134 valence electrons. The second-order valence-electron chi connectivity index (χ2n) is 6.55. The average molecular weight is 353 g/mol. The number of hydrogen-bond acceptors (Lipinski definition) is 4. The van der Waals surface area contributed by atoms with Crippen molar-refractivity contribution in [2.75, 3.05) is 6.79 Å². The predicted octanol–water partition coefficient (Wildman–Crippen LogP) is 2.98. The van der Waals surface area contributed by atoms with Crippen LogP contribution in [-0.4, -0.2) is 28.7 Å². The van der Waals surface area contributed by atoms with Crippen molar-refractivity contribution in [1.29, 1.82) is 0 Å². The molecule has 2 aromatic rings. The minimum Gasteiger partial charge on any atom is -0.481 e. The van der Waals surface area contributed by atoms with E-state index >= 15 is 0 Å². The summed E-state index contributed by atoms with van der Waals surface area (Å²) in [6, 6.07) is 14.5. The van der Waals surface area contributed by atoms with Gasteiger partial charge in [-0.05, 0) is 29.7 Å². The third-order valence-corrected chi connectivity index (χ3v) is 4.96. The first-order valence-corrected chi connectivity index (χ1v) is 8.59. The monoisotopic (exact) mass is 353 g/mol.